The van der Waals surface area contributed by atoms with Gasteiger partial charge in [0.2, 0.25) is 0 Å². The summed E-state index contributed by atoms with van der Waals surface area (Å²) in [5.41, 5.74) is 0.898. The van der Waals surface area contributed by atoms with Crippen molar-refractivity contribution in [1.29, 1.82) is 0 Å². The standard InChI is InChI=1S/C12H11ClOS/c1-2-15-12(13)8-10-7-9-5-3-4-6-11(9)14-10/h3-8H,2H2,1H3/b12-8+. The molecule has 2 rings (SSSR count). The summed E-state index contributed by atoms with van der Waals surface area (Å²) in [6.07, 6.45) is 1.86. The number of fused-ring (bicyclic) bond motifs is 1. The van der Waals surface area contributed by atoms with Crippen molar-refractivity contribution in [2.45, 2.75) is 6.92 Å². The smallest absolute Gasteiger partial charge is 0.134 e. The summed E-state index contributed by atoms with van der Waals surface area (Å²) in [6.45, 7) is 2.07. The Bertz CT molecular complexity index is 454. The van der Waals surface area contributed by atoms with Gasteiger partial charge in [-0.3, -0.25) is 0 Å². The predicted molar refractivity (Wildman–Crippen MR) is 68.2 cm³/mol. The summed E-state index contributed by atoms with van der Waals surface area (Å²) < 4.78 is 6.37. The maximum Gasteiger partial charge on any atom is 0.134 e. The SMILES string of the molecule is CCS/C(Cl)=C/c1cc2ccccc2o1. The molecule has 0 saturated carbocycles. The van der Waals surface area contributed by atoms with Crippen LogP contribution in [-0.4, -0.2) is 5.75 Å². The fourth-order valence-electron chi connectivity index (χ4n) is 1.36. The molecule has 1 heterocycles. The minimum Gasteiger partial charge on any atom is -0.457 e. The molecular weight excluding hydrogens is 228 g/mol. The van der Waals surface area contributed by atoms with Crippen LogP contribution in [0.3, 0.4) is 0 Å². The summed E-state index contributed by atoms with van der Waals surface area (Å²) in [4.78, 5) is 0. The van der Waals surface area contributed by atoms with Crippen molar-refractivity contribution in [1.82, 2.24) is 0 Å². The molecule has 0 aliphatic carbocycles. The fourth-order valence-corrected chi connectivity index (χ4v) is 2.28. The number of hydrogen-bond donors (Lipinski definition) is 0. The molecule has 0 unspecified atom stereocenters. The Labute approximate surface area is 98.1 Å². The topological polar surface area (TPSA) is 13.1 Å². The number of benzene rings is 1. The second-order valence-corrected chi connectivity index (χ2v) is 5.01. The van der Waals surface area contributed by atoms with Crippen molar-refractivity contribution in [3.05, 3.63) is 40.5 Å². The Kier molecular flexibility index (Phi) is 3.39. The van der Waals surface area contributed by atoms with Gasteiger partial charge < -0.3 is 4.42 Å². The molecule has 0 fully saturated rings. The number of hydrogen-bond acceptors (Lipinski definition) is 2. The van der Waals surface area contributed by atoms with Gasteiger partial charge in [-0.2, -0.15) is 0 Å². The van der Waals surface area contributed by atoms with E-state index in [4.69, 9.17) is 16.0 Å². The number of furan rings is 1. The Morgan fingerprint density at radius 3 is 3.00 bits per heavy atom. The van der Waals surface area contributed by atoms with Gasteiger partial charge in [-0.15, -0.1) is 11.8 Å². The van der Waals surface area contributed by atoms with Crippen molar-refractivity contribution in [2.75, 3.05) is 5.75 Å². The van der Waals surface area contributed by atoms with E-state index >= 15 is 0 Å². The third-order valence-electron chi connectivity index (χ3n) is 1.98. The number of thioether (sulfide) groups is 1. The Balaban J connectivity index is 2.33. The van der Waals surface area contributed by atoms with Crippen LogP contribution in [0.15, 0.2) is 39.1 Å². The molecule has 3 heteroatoms. The minimum absolute atomic E-state index is 0.761. The van der Waals surface area contributed by atoms with Crippen LogP contribution in [0.4, 0.5) is 0 Å². The highest BCUT2D eigenvalue weighted by Gasteiger charge is 2.01. The van der Waals surface area contributed by atoms with Crippen LogP contribution in [0, 0.1) is 0 Å². The molecule has 0 aliphatic rings. The minimum atomic E-state index is 0.761. The zero-order valence-corrected chi connectivity index (χ0v) is 9.94. The average molecular weight is 239 g/mol. The third-order valence-corrected chi connectivity index (χ3v) is 3.10. The van der Waals surface area contributed by atoms with Crippen LogP contribution in [-0.2, 0) is 0 Å². The van der Waals surface area contributed by atoms with E-state index in [0.29, 0.717) is 0 Å². The van der Waals surface area contributed by atoms with Crippen LogP contribution in [0.1, 0.15) is 12.7 Å². The lowest BCUT2D eigenvalue weighted by atomic mass is 10.2. The second-order valence-electron chi connectivity index (χ2n) is 3.07. The quantitative estimate of drug-likeness (QED) is 0.767. The first-order chi connectivity index (χ1) is 7.29. The van der Waals surface area contributed by atoms with E-state index in [-0.39, 0.29) is 0 Å². The predicted octanol–water partition coefficient (Wildman–Crippen LogP) is 4.72. The van der Waals surface area contributed by atoms with Gasteiger partial charge in [0, 0.05) is 11.5 Å². The third kappa shape index (κ3) is 2.58. The first-order valence-electron chi connectivity index (χ1n) is 4.78. The largest absolute Gasteiger partial charge is 0.457 e. The summed E-state index contributed by atoms with van der Waals surface area (Å²) >= 11 is 7.61. The lowest BCUT2D eigenvalue weighted by molar-refractivity contribution is 0.604. The van der Waals surface area contributed by atoms with Crippen molar-refractivity contribution in [3.63, 3.8) is 0 Å². The molecule has 1 aromatic carbocycles. The zero-order chi connectivity index (χ0) is 10.7. The molecule has 0 atom stereocenters. The molecule has 15 heavy (non-hydrogen) atoms. The second kappa shape index (κ2) is 4.77. The molecule has 2 aromatic rings. The summed E-state index contributed by atoms with van der Waals surface area (Å²) in [6, 6.07) is 9.92. The highest BCUT2D eigenvalue weighted by atomic mass is 35.5. The summed E-state index contributed by atoms with van der Waals surface area (Å²) in [5.74, 6) is 1.78. The first-order valence-corrected chi connectivity index (χ1v) is 6.14. The van der Waals surface area contributed by atoms with Gasteiger partial charge in [0.05, 0.1) is 4.36 Å². The Morgan fingerprint density at radius 1 is 1.47 bits per heavy atom. The molecule has 0 saturated heterocycles. The van der Waals surface area contributed by atoms with Crippen molar-refractivity contribution in [3.8, 4) is 0 Å². The van der Waals surface area contributed by atoms with Crippen molar-refractivity contribution in [2.24, 2.45) is 0 Å². The van der Waals surface area contributed by atoms with Gasteiger partial charge in [-0.1, -0.05) is 36.7 Å². The van der Waals surface area contributed by atoms with Crippen molar-refractivity contribution < 1.29 is 4.42 Å². The number of rotatable bonds is 3. The maximum absolute atomic E-state index is 6.01. The van der Waals surface area contributed by atoms with Crippen LogP contribution < -0.4 is 0 Å². The molecule has 0 amide bonds. The van der Waals surface area contributed by atoms with Crippen LogP contribution in [0.5, 0.6) is 0 Å². The van der Waals surface area contributed by atoms with Crippen molar-refractivity contribution >= 4 is 40.4 Å². The highest BCUT2D eigenvalue weighted by Crippen LogP contribution is 2.26. The van der Waals surface area contributed by atoms with Gasteiger partial charge in [-0.25, -0.2) is 0 Å². The lowest BCUT2D eigenvalue weighted by Gasteiger charge is -1.91. The fraction of sp³-hybridized carbons (Fsp3) is 0.167. The average Bonchev–Trinajstić information content (AvgIpc) is 2.59. The van der Waals surface area contributed by atoms with Crippen LogP contribution >= 0.6 is 23.4 Å². The van der Waals surface area contributed by atoms with Crippen LogP contribution in [0.25, 0.3) is 17.0 Å². The van der Waals surface area contributed by atoms with Gasteiger partial charge in [0.25, 0.3) is 0 Å². The monoisotopic (exact) mass is 238 g/mol. The first kappa shape index (κ1) is 10.7. The number of para-hydroxylation sites is 1. The van der Waals surface area contributed by atoms with Gasteiger partial charge in [-0.05, 0) is 17.9 Å². The van der Waals surface area contributed by atoms with E-state index < -0.39 is 0 Å². The Hall–Kier alpha value is -0.860. The molecule has 0 radical (unpaired) electrons. The van der Waals surface area contributed by atoms with Gasteiger partial charge in [0.15, 0.2) is 0 Å². The summed E-state index contributed by atoms with van der Waals surface area (Å²) in [5, 5.41) is 1.11. The molecule has 1 nitrogen and oxygen atoms in total. The maximum atomic E-state index is 6.01. The molecule has 0 N–H and O–H groups in total. The molecule has 0 spiro atoms. The van der Waals surface area contributed by atoms with E-state index in [9.17, 15) is 0 Å². The van der Waals surface area contributed by atoms with E-state index in [1.54, 1.807) is 11.8 Å². The molecule has 1 aromatic heterocycles. The lowest BCUT2D eigenvalue weighted by Crippen LogP contribution is -1.67. The van der Waals surface area contributed by atoms with E-state index in [1.807, 2.05) is 36.4 Å². The number of halogens is 1. The summed E-state index contributed by atoms with van der Waals surface area (Å²) in [7, 11) is 0. The van der Waals surface area contributed by atoms with E-state index in [2.05, 4.69) is 6.92 Å². The molecular formula is C12H11ClOS. The Morgan fingerprint density at radius 2 is 2.27 bits per heavy atom. The normalized spacial score (nSPS) is 12.3. The highest BCUT2D eigenvalue weighted by molar-refractivity contribution is 8.04. The zero-order valence-electron chi connectivity index (χ0n) is 8.37. The molecule has 0 bridgehead atoms. The molecule has 0 aliphatic heterocycles. The van der Waals surface area contributed by atoms with E-state index in [1.165, 1.54) is 0 Å². The van der Waals surface area contributed by atoms with Gasteiger partial charge >= 0.3 is 0 Å². The van der Waals surface area contributed by atoms with Gasteiger partial charge in [0.1, 0.15) is 11.3 Å². The van der Waals surface area contributed by atoms with E-state index in [0.717, 1.165) is 26.8 Å². The molecule has 78 valence electrons. The van der Waals surface area contributed by atoms with Crippen LogP contribution in [0.2, 0.25) is 0 Å².